The van der Waals surface area contributed by atoms with E-state index < -0.39 is 0 Å². The third kappa shape index (κ3) is 2.79. The summed E-state index contributed by atoms with van der Waals surface area (Å²) in [6.07, 6.45) is 2.91. The highest BCUT2D eigenvalue weighted by atomic mass is 32.2. The molecule has 1 aromatic carbocycles. The number of thioether (sulfide) groups is 1. The van der Waals surface area contributed by atoms with Crippen molar-refractivity contribution in [1.82, 2.24) is 0 Å². The zero-order chi connectivity index (χ0) is 14.8. The Morgan fingerprint density at radius 2 is 1.76 bits per heavy atom. The van der Waals surface area contributed by atoms with Crippen molar-refractivity contribution < 1.29 is 9.59 Å². The molecule has 0 bridgehead atoms. The van der Waals surface area contributed by atoms with Crippen molar-refractivity contribution in [2.24, 2.45) is 0 Å². The maximum absolute atomic E-state index is 12.8. The average molecular weight is 304 g/mol. The highest BCUT2D eigenvalue weighted by Crippen LogP contribution is 2.35. The largest absolute Gasteiger partial charge is 0.311 e. The summed E-state index contributed by atoms with van der Waals surface area (Å²) in [6, 6.07) is 7.75. The third-order valence-corrected chi connectivity index (χ3v) is 5.44. The summed E-state index contributed by atoms with van der Waals surface area (Å²) in [5, 5.41) is 0.0851. The molecule has 1 aromatic rings. The summed E-state index contributed by atoms with van der Waals surface area (Å²) in [5.74, 6) is 1.31. The van der Waals surface area contributed by atoms with E-state index >= 15 is 0 Å². The monoisotopic (exact) mass is 304 g/mol. The van der Waals surface area contributed by atoms with Crippen LogP contribution in [0.4, 0.5) is 11.4 Å². The van der Waals surface area contributed by atoms with E-state index in [1.807, 2.05) is 29.2 Å². The SMILES string of the molecule is CC(=O)N1CCCN(C(=O)[C@@H]2CCCS2)c2ccccc21. The Labute approximate surface area is 129 Å². The first-order valence-corrected chi connectivity index (χ1v) is 8.53. The number of carbonyl (C=O) groups excluding carboxylic acids is 2. The molecule has 0 unspecified atom stereocenters. The number of carbonyl (C=O) groups is 2. The van der Waals surface area contributed by atoms with Crippen LogP contribution in [-0.2, 0) is 9.59 Å². The maximum Gasteiger partial charge on any atom is 0.240 e. The Hall–Kier alpha value is -1.49. The van der Waals surface area contributed by atoms with Crippen molar-refractivity contribution in [3.05, 3.63) is 24.3 Å². The van der Waals surface area contributed by atoms with Crippen LogP contribution in [0.1, 0.15) is 26.2 Å². The summed E-state index contributed by atoms with van der Waals surface area (Å²) in [7, 11) is 0. The lowest BCUT2D eigenvalue weighted by molar-refractivity contribution is -0.118. The number of hydrogen-bond acceptors (Lipinski definition) is 3. The average Bonchev–Trinajstić information content (AvgIpc) is 2.94. The highest BCUT2D eigenvalue weighted by Gasteiger charge is 2.32. The zero-order valence-corrected chi connectivity index (χ0v) is 13.1. The van der Waals surface area contributed by atoms with E-state index in [0.717, 1.165) is 36.4 Å². The van der Waals surface area contributed by atoms with Crippen LogP contribution in [0.2, 0.25) is 0 Å². The second-order valence-electron chi connectivity index (χ2n) is 5.50. The fourth-order valence-corrected chi connectivity index (χ4v) is 4.27. The summed E-state index contributed by atoms with van der Waals surface area (Å²) >= 11 is 1.76. The van der Waals surface area contributed by atoms with Gasteiger partial charge in [0, 0.05) is 20.0 Å². The number of amides is 2. The van der Waals surface area contributed by atoms with Gasteiger partial charge in [-0.1, -0.05) is 12.1 Å². The first-order valence-electron chi connectivity index (χ1n) is 7.48. The lowest BCUT2D eigenvalue weighted by Gasteiger charge is -2.26. The first-order chi connectivity index (χ1) is 10.2. The molecule has 112 valence electrons. The van der Waals surface area contributed by atoms with E-state index in [-0.39, 0.29) is 17.1 Å². The minimum absolute atomic E-state index is 0.0343. The van der Waals surface area contributed by atoms with Gasteiger partial charge >= 0.3 is 0 Å². The van der Waals surface area contributed by atoms with Crippen LogP contribution >= 0.6 is 11.8 Å². The van der Waals surface area contributed by atoms with Crippen LogP contribution in [0, 0.1) is 0 Å². The molecule has 4 nitrogen and oxygen atoms in total. The van der Waals surface area contributed by atoms with Gasteiger partial charge in [-0.15, -0.1) is 11.8 Å². The Bertz CT molecular complexity index is 555. The van der Waals surface area contributed by atoms with Crippen molar-refractivity contribution in [1.29, 1.82) is 0 Å². The molecule has 2 aliphatic rings. The summed E-state index contributed by atoms with van der Waals surface area (Å²) < 4.78 is 0. The van der Waals surface area contributed by atoms with E-state index in [9.17, 15) is 9.59 Å². The molecule has 2 amide bonds. The molecule has 0 aliphatic carbocycles. The first kappa shape index (κ1) is 14.4. The van der Waals surface area contributed by atoms with Crippen LogP contribution in [0.3, 0.4) is 0 Å². The van der Waals surface area contributed by atoms with E-state index in [1.165, 1.54) is 0 Å². The molecule has 1 atom stereocenters. The quantitative estimate of drug-likeness (QED) is 0.801. The van der Waals surface area contributed by atoms with Crippen molar-refractivity contribution in [3.8, 4) is 0 Å². The van der Waals surface area contributed by atoms with Crippen molar-refractivity contribution in [2.75, 3.05) is 28.6 Å². The van der Waals surface area contributed by atoms with Gasteiger partial charge in [0.05, 0.1) is 16.6 Å². The summed E-state index contributed by atoms with van der Waals surface area (Å²) in [5.41, 5.74) is 1.74. The Morgan fingerprint density at radius 3 is 2.38 bits per heavy atom. The molecule has 0 radical (unpaired) electrons. The molecule has 1 fully saturated rings. The molecule has 3 rings (SSSR count). The van der Waals surface area contributed by atoms with Crippen LogP contribution < -0.4 is 9.80 Å². The smallest absolute Gasteiger partial charge is 0.240 e. The zero-order valence-electron chi connectivity index (χ0n) is 12.2. The van der Waals surface area contributed by atoms with E-state index in [4.69, 9.17) is 0 Å². The normalized spacial score (nSPS) is 21.9. The molecule has 0 spiro atoms. The standard InChI is InChI=1S/C16H20N2O2S/c1-12(19)17-9-5-10-18(14-7-3-2-6-13(14)17)16(20)15-8-4-11-21-15/h2-3,6-7,15H,4-5,8-11H2,1H3/t15-/m0/s1. The van der Waals surface area contributed by atoms with Crippen LogP contribution in [0.15, 0.2) is 24.3 Å². The fourth-order valence-electron chi connectivity index (χ4n) is 3.05. The number of nitrogens with zero attached hydrogens (tertiary/aromatic N) is 2. The molecule has 0 aromatic heterocycles. The maximum atomic E-state index is 12.8. The molecule has 2 heterocycles. The van der Waals surface area contributed by atoms with Gasteiger partial charge in [0.1, 0.15) is 0 Å². The van der Waals surface area contributed by atoms with Crippen molar-refractivity contribution >= 4 is 35.0 Å². The number of benzene rings is 1. The minimum Gasteiger partial charge on any atom is -0.311 e. The predicted molar refractivity (Wildman–Crippen MR) is 86.9 cm³/mol. The van der Waals surface area contributed by atoms with Crippen molar-refractivity contribution in [3.63, 3.8) is 0 Å². The molecule has 0 N–H and O–H groups in total. The number of anilines is 2. The Morgan fingerprint density at radius 1 is 1.10 bits per heavy atom. The number of rotatable bonds is 1. The van der Waals surface area contributed by atoms with Crippen LogP contribution in [0.5, 0.6) is 0 Å². The van der Waals surface area contributed by atoms with Gasteiger partial charge in [-0.25, -0.2) is 0 Å². The van der Waals surface area contributed by atoms with Gasteiger partial charge < -0.3 is 9.80 Å². The molecular weight excluding hydrogens is 284 g/mol. The molecule has 5 heteroatoms. The Balaban J connectivity index is 1.95. The van der Waals surface area contributed by atoms with Crippen LogP contribution in [0.25, 0.3) is 0 Å². The highest BCUT2D eigenvalue weighted by molar-refractivity contribution is 8.00. The van der Waals surface area contributed by atoms with Crippen LogP contribution in [-0.4, -0.2) is 35.9 Å². The number of para-hydroxylation sites is 2. The molecule has 2 aliphatic heterocycles. The summed E-state index contributed by atoms with van der Waals surface area (Å²) in [4.78, 5) is 28.3. The van der Waals surface area contributed by atoms with Gasteiger partial charge in [0.15, 0.2) is 0 Å². The fraction of sp³-hybridized carbons (Fsp3) is 0.500. The second-order valence-corrected chi connectivity index (χ2v) is 6.82. The second kappa shape index (κ2) is 6.10. The molecule has 0 saturated carbocycles. The van der Waals surface area contributed by atoms with E-state index in [0.29, 0.717) is 13.1 Å². The minimum atomic E-state index is 0.0343. The molecular formula is C16H20N2O2S. The predicted octanol–water partition coefficient (Wildman–Crippen LogP) is 2.67. The Kier molecular flexibility index (Phi) is 4.19. The number of fused-ring (bicyclic) bond motifs is 1. The van der Waals surface area contributed by atoms with Gasteiger partial charge in [-0.05, 0) is 37.1 Å². The van der Waals surface area contributed by atoms with Gasteiger partial charge in [0.25, 0.3) is 0 Å². The van der Waals surface area contributed by atoms with Gasteiger partial charge in [0.2, 0.25) is 11.8 Å². The third-order valence-electron chi connectivity index (χ3n) is 4.08. The van der Waals surface area contributed by atoms with E-state index in [2.05, 4.69) is 0 Å². The summed E-state index contributed by atoms with van der Waals surface area (Å²) in [6.45, 7) is 2.95. The molecule has 1 saturated heterocycles. The van der Waals surface area contributed by atoms with E-state index in [1.54, 1.807) is 23.6 Å². The lowest BCUT2D eigenvalue weighted by Crippen LogP contribution is -2.37. The topological polar surface area (TPSA) is 40.6 Å². The van der Waals surface area contributed by atoms with Crippen molar-refractivity contribution in [2.45, 2.75) is 31.4 Å². The lowest BCUT2D eigenvalue weighted by atomic mass is 10.2. The number of hydrogen-bond donors (Lipinski definition) is 0. The molecule has 21 heavy (non-hydrogen) atoms. The van der Waals surface area contributed by atoms with Gasteiger partial charge in [-0.2, -0.15) is 0 Å². The van der Waals surface area contributed by atoms with Gasteiger partial charge in [-0.3, -0.25) is 9.59 Å².